The molecule has 1 N–H and O–H groups in total. The number of nitrogens with one attached hydrogen (secondary N) is 1. The molecule has 5 heteroatoms. The van der Waals surface area contributed by atoms with Crippen molar-refractivity contribution in [1.29, 1.82) is 0 Å². The minimum atomic E-state index is -0.838. The highest BCUT2D eigenvalue weighted by Gasteiger charge is 2.21. The maximum atomic E-state index is 13.6. The second-order valence-electron chi connectivity index (χ2n) is 5.33. The summed E-state index contributed by atoms with van der Waals surface area (Å²) in [6, 6.07) is 1.86. The summed E-state index contributed by atoms with van der Waals surface area (Å²) in [5.41, 5.74) is 0.131. The van der Waals surface area contributed by atoms with Crippen molar-refractivity contribution in [2.75, 3.05) is 6.61 Å². The van der Waals surface area contributed by atoms with E-state index >= 15 is 0 Å². The summed E-state index contributed by atoms with van der Waals surface area (Å²) in [7, 11) is 0. The molecule has 110 valence electrons. The second kappa shape index (κ2) is 6.31. The van der Waals surface area contributed by atoms with Gasteiger partial charge in [-0.05, 0) is 44.7 Å². The average Bonchev–Trinajstić information content (AvgIpc) is 2.86. The van der Waals surface area contributed by atoms with E-state index in [9.17, 15) is 13.6 Å². The summed E-state index contributed by atoms with van der Waals surface area (Å²) >= 11 is 0. The van der Waals surface area contributed by atoms with Crippen LogP contribution in [0.4, 0.5) is 8.78 Å². The summed E-state index contributed by atoms with van der Waals surface area (Å²) in [5.74, 6) is -2.00. The molecule has 1 amide bonds. The Balaban J connectivity index is 1.98. The lowest BCUT2D eigenvalue weighted by Crippen LogP contribution is -2.35. The highest BCUT2D eigenvalue weighted by atomic mass is 19.1. The van der Waals surface area contributed by atoms with Gasteiger partial charge in [-0.1, -0.05) is 0 Å². The van der Waals surface area contributed by atoms with E-state index in [0.29, 0.717) is 6.42 Å². The summed E-state index contributed by atoms with van der Waals surface area (Å²) < 4.78 is 32.3. The molecule has 20 heavy (non-hydrogen) atoms. The molecule has 1 saturated heterocycles. The molecule has 3 nitrogen and oxygen atoms in total. The lowest BCUT2D eigenvalue weighted by Gasteiger charge is -2.18. The van der Waals surface area contributed by atoms with Crippen molar-refractivity contribution in [3.63, 3.8) is 0 Å². The molecule has 1 fully saturated rings. The van der Waals surface area contributed by atoms with Crippen molar-refractivity contribution in [2.45, 2.75) is 45.3 Å². The molecule has 0 saturated carbocycles. The SMILES string of the molecule is Cc1cc(C(=O)N[C@H](C)C[C@@H]2CCCO2)c(F)cc1F. The van der Waals surface area contributed by atoms with Crippen LogP contribution in [0.2, 0.25) is 0 Å². The summed E-state index contributed by atoms with van der Waals surface area (Å²) in [5, 5.41) is 2.73. The average molecular weight is 283 g/mol. The highest BCUT2D eigenvalue weighted by Crippen LogP contribution is 2.18. The number of aryl methyl sites for hydroxylation is 1. The Bertz CT molecular complexity index is 499. The topological polar surface area (TPSA) is 38.3 Å². The second-order valence-corrected chi connectivity index (χ2v) is 5.33. The summed E-state index contributed by atoms with van der Waals surface area (Å²) in [6.45, 7) is 4.12. The number of ether oxygens (including phenoxy) is 1. The van der Waals surface area contributed by atoms with Crippen LogP contribution in [0.15, 0.2) is 12.1 Å². The molecule has 0 bridgehead atoms. The summed E-state index contributed by atoms with van der Waals surface area (Å²) in [6.07, 6.45) is 2.89. The maximum absolute atomic E-state index is 13.6. The predicted molar refractivity (Wildman–Crippen MR) is 71.6 cm³/mol. The lowest BCUT2D eigenvalue weighted by molar-refractivity contribution is 0.0847. The summed E-state index contributed by atoms with van der Waals surface area (Å²) in [4.78, 5) is 12.0. The number of benzene rings is 1. The first-order valence-electron chi connectivity index (χ1n) is 6.85. The third kappa shape index (κ3) is 3.54. The number of rotatable bonds is 4. The molecule has 0 spiro atoms. The van der Waals surface area contributed by atoms with Crippen LogP contribution in [0.25, 0.3) is 0 Å². The smallest absolute Gasteiger partial charge is 0.254 e. The number of halogens is 2. The van der Waals surface area contributed by atoms with Gasteiger partial charge in [0, 0.05) is 18.7 Å². The minimum Gasteiger partial charge on any atom is -0.378 e. The molecule has 0 aromatic heterocycles. The van der Waals surface area contributed by atoms with Crippen LogP contribution in [0.1, 0.15) is 42.1 Å². The Morgan fingerprint density at radius 3 is 2.85 bits per heavy atom. The van der Waals surface area contributed by atoms with Gasteiger partial charge >= 0.3 is 0 Å². The minimum absolute atomic E-state index is 0.115. The Hall–Kier alpha value is -1.49. The van der Waals surface area contributed by atoms with Crippen LogP contribution in [0.5, 0.6) is 0 Å². The number of hydrogen-bond donors (Lipinski definition) is 1. The Morgan fingerprint density at radius 1 is 1.45 bits per heavy atom. The number of amides is 1. The zero-order valence-corrected chi connectivity index (χ0v) is 11.7. The van der Waals surface area contributed by atoms with Gasteiger partial charge in [0.25, 0.3) is 5.91 Å². The molecule has 2 atom stereocenters. The highest BCUT2D eigenvalue weighted by molar-refractivity contribution is 5.94. The van der Waals surface area contributed by atoms with Crippen molar-refractivity contribution in [1.82, 2.24) is 5.32 Å². The number of hydrogen-bond acceptors (Lipinski definition) is 2. The van der Waals surface area contributed by atoms with Gasteiger partial charge in [0.05, 0.1) is 11.7 Å². The third-order valence-corrected chi connectivity index (χ3v) is 3.51. The largest absolute Gasteiger partial charge is 0.378 e. The van der Waals surface area contributed by atoms with Crippen molar-refractivity contribution >= 4 is 5.91 Å². The van der Waals surface area contributed by atoms with Crippen LogP contribution in [0, 0.1) is 18.6 Å². The molecule has 0 unspecified atom stereocenters. The van der Waals surface area contributed by atoms with Gasteiger partial charge < -0.3 is 10.1 Å². The molecule has 1 aliphatic heterocycles. The molecule has 1 aromatic carbocycles. The third-order valence-electron chi connectivity index (χ3n) is 3.51. The molecular weight excluding hydrogens is 264 g/mol. The van der Waals surface area contributed by atoms with E-state index in [1.165, 1.54) is 13.0 Å². The van der Waals surface area contributed by atoms with Crippen molar-refractivity contribution < 1.29 is 18.3 Å². The van der Waals surface area contributed by atoms with Crippen molar-refractivity contribution in [3.8, 4) is 0 Å². The molecule has 2 rings (SSSR count). The zero-order valence-electron chi connectivity index (χ0n) is 11.7. The van der Waals surface area contributed by atoms with Crippen LogP contribution >= 0.6 is 0 Å². The number of carbonyl (C=O) groups is 1. The fourth-order valence-electron chi connectivity index (χ4n) is 2.42. The van der Waals surface area contributed by atoms with E-state index in [4.69, 9.17) is 4.74 Å². The molecule has 0 radical (unpaired) electrons. The Labute approximate surface area is 117 Å². The number of carbonyl (C=O) groups excluding carboxylic acids is 1. The molecular formula is C15H19F2NO2. The van der Waals surface area contributed by atoms with Gasteiger partial charge in [-0.2, -0.15) is 0 Å². The van der Waals surface area contributed by atoms with Crippen molar-refractivity contribution in [3.05, 3.63) is 34.9 Å². The van der Waals surface area contributed by atoms with Gasteiger partial charge in [0.2, 0.25) is 0 Å². The fraction of sp³-hybridized carbons (Fsp3) is 0.533. The lowest BCUT2D eigenvalue weighted by atomic mass is 10.1. The van der Waals surface area contributed by atoms with Gasteiger partial charge in [0.1, 0.15) is 11.6 Å². The fourth-order valence-corrected chi connectivity index (χ4v) is 2.42. The quantitative estimate of drug-likeness (QED) is 0.922. The Kier molecular flexibility index (Phi) is 4.70. The molecule has 1 aliphatic rings. The monoisotopic (exact) mass is 283 g/mol. The van der Waals surface area contributed by atoms with Gasteiger partial charge in [-0.25, -0.2) is 8.78 Å². The van der Waals surface area contributed by atoms with E-state index in [1.807, 2.05) is 6.92 Å². The van der Waals surface area contributed by atoms with E-state index in [0.717, 1.165) is 25.5 Å². The normalized spacial score (nSPS) is 19.9. The molecule has 1 heterocycles. The maximum Gasteiger partial charge on any atom is 0.254 e. The van der Waals surface area contributed by atoms with Crippen LogP contribution in [0.3, 0.4) is 0 Å². The zero-order chi connectivity index (χ0) is 14.7. The van der Waals surface area contributed by atoms with Crippen LogP contribution in [-0.2, 0) is 4.74 Å². The van der Waals surface area contributed by atoms with Crippen LogP contribution < -0.4 is 5.32 Å². The van der Waals surface area contributed by atoms with E-state index in [1.54, 1.807) is 0 Å². The Morgan fingerprint density at radius 2 is 2.20 bits per heavy atom. The predicted octanol–water partition coefficient (Wildman–Crippen LogP) is 2.96. The van der Waals surface area contributed by atoms with E-state index < -0.39 is 17.5 Å². The molecule has 1 aromatic rings. The van der Waals surface area contributed by atoms with E-state index in [2.05, 4.69) is 5.32 Å². The molecule has 0 aliphatic carbocycles. The first-order chi connectivity index (χ1) is 9.47. The van der Waals surface area contributed by atoms with Crippen LogP contribution in [-0.4, -0.2) is 24.7 Å². The van der Waals surface area contributed by atoms with Gasteiger partial charge in [0.15, 0.2) is 0 Å². The first-order valence-corrected chi connectivity index (χ1v) is 6.85. The standard InChI is InChI=1S/C15H19F2NO2/c1-9-6-12(14(17)8-13(9)16)15(19)18-10(2)7-11-4-3-5-20-11/h6,8,10-11H,3-5,7H2,1-2H3,(H,18,19)/t10-,11+/m1/s1. The van der Waals surface area contributed by atoms with E-state index in [-0.39, 0.29) is 23.3 Å². The van der Waals surface area contributed by atoms with Gasteiger partial charge in [-0.15, -0.1) is 0 Å². The van der Waals surface area contributed by atoms with Gasteiger partial charge in [-0.3, -0.25) is 4.79 Å². The first kappa shape index (κ1) is 14.9. The van der Waals surface area contributed by atoms with Crippen molar-refractivity contribution in [2.24, 2.45) is 0 Å².